The molecule has 1 atom stereocenters. The molecular weight excluding hydrogens is 401 g/mol. The van der Waals surface area contributed by atoms with Crippen molar-refractivity contribution in [2.45, 2.75) is 19.5 Å². The van der Waals surface area contributed by atoms with E-state index in [0.717, 1.165) is 16.7 Å². The number of fused-ring (bicyclic) bond motifs is 1. The summed E-state index contributed by atoms with van der Waals surface area (Å²) in [6.07, 6.45) is 1.42. The number of carbonyl (C=O) groups is 1. The molecule has 1 amide bonds. The second kappa shape index (κ2) is 8.20. The first kappa shape index (κ1) is 20.0. The second-order valence-electron chi connectivity index (χ2n) is 7.11. The lowest BCUT2D eigenvalue weighted by atomic mass is 10.1. The SMILES string of the molecule is CC(c1ccc(F)cc1)N(C)C(=O)Cn1cnc2scc(-c3ccccc3)c2c1=O. The van der Waals surface area contributed by atoms with E-state index in [1.165, 1.54) is 34.4 Å². The summed E-state index contributed by atoms with van der Waals surface area (Å²) in [5.74, 6) is -0.553. The van der Waals surface area contributed by atoms with E-state index in [4.69, 9.17) is 0 Å². The van der Waals surface area contributed by atoms with Gasteiger partial charge in [-0.15, -0.1) is 11.3 Å². The van der Waals surface area contributed by atoms with Crippen molar-refractivity contribution < 1.29 is 9.18 Å². The first-order chi connectivity index (χ1) is 14.5. The standard InChI is InChI=1S/C23H20FN3O2S/c1-15(16-8-10-18(24)11-9-16)26(2)20(28)12-27-14-25-22-21(23(27)29)19(13-30-22)17-6-4-3-5-7-17/h3-11,13-15H,12H2,1-2H3. The number of aromatic nitrogens is 2. The summed E-state index contributed by atoms with van der Waals surface area (Å²) in [5, 5.41) is 2.44. The smallest absolute Gasteiger partial charge is 0.263 e. The number of hydrogen-bond donors (Lipinski definition) is 0. The van der Waals surface area contributed by atoms with Gasteiger partial charge in [-0.2, -0.15) is 0 Å². The van der Waals surface area contributed by atoms with Crippen LogP contribution in [0.5, 0.6) is 0 Å². The third kappa shape index (κ3) is 3.76. The zero-order chi connectivity index (χ0) is 21.3. The Bertz CT molecular complexity index is 1250. The van der Waals surface area contributed by atoms with Gasteiger partial charge in [0.05, 0.1) is 17.8 Å². The number of hydrogen-bond acceptors (Lipinski definition) is 4. The average molecular weight is 421 g/mol. The maximum absolute atomic E-state index is 13.2. The highest BCUT2D eigenvalue weighted by Crippen LogP contribution is 2.30. The van der Waals surface area contributed by atoms with Gasteiger partial charge < -0.3 is 4.90 Å². The quantitative estimate of drug-likeness (QED) is 0.477. The zero-order valence-electron chi connectivity index (χ0n) is 16.6. The van der Waals surface area contributed by atoms with Gasteiger partial charge in [-0.25, -0.2) is 9.37 Å². The molecular formula is C23H20FN3O2S. The van der Waals surface area contributed by atoms with Gasteiger partial charge in [0, 0.05) is 18.0 Å². The molecule has 0 aliphatic carbocycles. The first-order valence-corrected chi connectivity index (χ1v) is 10.4. The van der Waals surface area contributed by atoms with Crippen LogP contribution in [0.1, 0.15) is 18.5 Å². The molecule has 4 aromatic rings. The Labute approximate surface area is 177 Å². The van der Waals surface area contributed by atoms with Crippen molar-refractivity contribution in [3.8, 4) is 11.1 Å². The summed E-state index contributed by atoms with van der Waals surface area (Å²) in [6.45, 7) is 1.75. The van der Waals surface area contributed by atoms with Crippen LogP contribution < -0.4 is 5.56 Å². The van der Waals surface area contributed by atoms with E-state index < -0.39 is 0 Å². The fourth-order valence-corrected chi connectivity index (χ4v) is 4.26. The van der Waals surface area contributed by atoms with E-state index in [1.54, 1.807) is 24.1 Å². The lowest BCUT2D eigenvalue weighted by Gasteiger charge is -2.25. The third-order valence-corrected chi connectivity index (χ3v) is 6.16. The maximum Gasteiger partial charge on any atom is 0.263 e. The maximum atomic E-state index is 13.2. The van der Waals surface area contributed by atoms with Gasteiger partial charge in [0.2, 0.25) is 5.91 Å². The largest absolute Gasteiger partial charge is 0.337 e. The predicted octanol–water partition coefficient (Wildman–Crippen LogP) is 4.48. The summed E-state index contributed by atoms with van der Waals surface area (Å²) >= 11 is 1.41. The average Bonchev–Trinajstić information content (AvgIpc) is 3.20. The number of halogens is 1. The molecule has 0 saturated heterocycles. The van der Waals surface area contributed by atoms with E-state index in [0.29, 0.717) is 10.2 Å². The predicted molar refractivity (Wildman–Crippen MR) is 117 cm³/mol. The molecule has 0 N–H and O–H groups in total. The molecule has 4 rings (SSSR count). The normalized spacial score (nSPS) is 12.1. The van der Waals surface area contributed by atoms with Crippen molar-refractivity contribution in [2.24, 2.45) is 0 Å². The summed E-state index contributed by atoms with van der Waals surface area (Å²) in [7, 11) is 1.67. The molecule has 5 nitrogen and oxygen atoms in total. The van der Waals surface area contributed by atoms with Crippen LogP contribution in [0.15, 0.2) is 71.1 Å². The number of benzene rings is 2. The van der Waals surface area contributed by atoms with E-state index in [1.807, 2.05) is 42.6 Å². The van der Waals surface area contributed by atoms with Crippen LogP contribution in [0.2, 0.25) is 0 Å². The molecule has 0 radical (unpaired) electrons. The summed E-state index contributed by atoms with van der Waals surface area (Å²) in [5.41, 5.74) is 2.34. The molecule has 2 aromatic heterocycles. The van der Waals surface area contributed by atoms with Gasteiger partial charge in [-0.3, -0.25) is 14.2 Å². The minimum atomic E-state index is -0.323. The van der Waals surface area contributed by atoms with Crippen LogP contribution in [0, 0.1) is 5.82 Å². The molecule has 0 aliphatic rings. The van der Waals surface area contributed by atoms with Crippen molar-refractivity contribution >= 4 is 27.5 Å². The van der Waals surface area contributed by atoms with Crippen molar-refractivity contribution in [3.63, 3.8) is 0 Å². The van der Waals surface area contributed by atoms with Gasteiger partial charge in [0.1, 0.15) is 17.2 Å². The third-order valence-electron chi connectivity index (χ3n) is 5.28. The Hall–Kier alpha value is -3.32. The lowest BCUT2D eigenvalue weighted by Crippen LogP contribution is -2.35. The molecule has 2 heterocycles. The highest BCUT2D eigenvalue weighted by Gasteiger charge is 2.20. The summed E-state index contributed by atoms with van der Waals surface area (Å²) < 4.78 is 14.5. The van der Waals surface area contributed by atoms with Crippen LogP contribution in [-0.2, 0) is 11.3 Å². The summed E-state index contributed by atoms with van der Waals surface area (Å²) in [6, 6.07) is 15.4. The van der Waals surface area contributed by atoms with Crippen LogP contribution in [0.3, 0.4) is 0 Å². The minimum Gasteiger partial charge on any atom is -0.337 e. The first-order valence-electron chi connectivity index (χ1n) is 9.49. The zero-order valence-corrected chi connectivity index (χ0v) is 17.4. The highest BCUT2D eigenvalue weighted by atomic mass is 32.1. The fraction of sp³-hybridized carbons (Fsp3) is 0.174. The van der Waals surface area contributed by atoms with Crippen LogP contribution in [0.25, 0.3) is 21.3 Å². The fourth-order valence-electron chi connectivity index (χ4n) is 3.35. The molecule has 0 aliphatic heterocycles. The topological polar surface area (TPSA) is 55.2 Å². The van der Waals surface area contributed by atoms with Gasteiger partial charge in [-0.05, 0) is 30.2 Å². The summed E-state index contributed by atoms with van der Waals surface area (Å²) in [4.78, 5) is 32.6. The number of nitrogens with zero attached hydrogens (tertiary/aromatic N) is 3. The van der Waals surface area contributed by atoms with E-state index in [9.17, 15) is 14.0 Å². The number of rotatable bonds is 5. The number of thiophene rings is 1. The lowest BCUT2D eigenvalue weighted by molar-refractivity contribution is -0.132. The molecule has 0 fully saturated rings. The Balaban J connectivity index is 1.62. The van der Waals surface area contributed by atoms with Gasteiger partial charge >= 0.3 is 0 Å². The van der Waals surface area contributed by atoms with Crippen molar-refractivity contribution in [1.29, 1.82) is 0 Å². The van der Waals surface area contributed by atoms with Crippen molar-refractivity contribution in [3.05, 3.63) is 88.0 Å². The van der Waals surface area contributed by atoms with Crippen molar-refractivity contribution in [2.75, 3.05) is 7.05 Å². The Morgan fingerprint density at radius 2 is 1.87 bits per heavy atom. The monoisotopic (exact) mass is 421 g/mol. The molecule has 152 valence electrons. The molecule has 0 bridgehead atoms. The van der Waals surface area contributed by atoms with Gasteiger partial charge in [-0.1, -0.05) is 42.5 Å². The molecule has 30 heavy (non-hydrogen) atoms. The number of likely N-dealkylation sites (N-methyl/N-ethyl adjacent to an activating group) is 1. The van der Waals surface area contributed by atoms with Crippen LogP contribution in [0.4, 0.5) is 4.39 Å². The van der Waals surface area contributed by atoms with E-state index >= 15 is 0 Å². The Morgan fingerprint density at radius 3 is 2.57 bits per heavy atom. The molecule has 1 unspecified atom stereocenters. The minimum absolute atomic E-state index is 0.117. The highest BCUT2D eigenvalue weighted by molar-refractivity contribution is 7.17. The van der Waals surface area contributed by atoms with Gasteiger partial charge in [0.25, 0.3) is 5.56 Å². The van der Waals surface area contributed by atoms with Crippen LogP contribution in [-0.4, -0.2) is 27.4 Å². The van der Waals surface area contributed by atoms with E-state index in [2.05, 4.69) is 4.98 Å². The molecule has 0 spiro atoms. The Morgan fingerprint density at radius 1 is 1.17 bits per heavy atom. The number of carbonyl (C=O) groups excluding carboxylic acids is 1. The second-order valence-corrected chi connectivity index (χ2v) is 7.96. The van der Waals surface area contributed by atoms with Gasteiger partial charge in [0.15, 0.2) is 0 Å². The van der Waals surface area contributed by atoms with Crippen molar-refractivity contribution in [1.82, 2.24) is 14.5 Å². The Kier molecular flexibility index (Phi) is 5.46. The van der Waals surface area contributed by atoms with E-state index in [-0.39, 0.29) is 29.9 Å². The molecule has 7 heteroatoms. The molecule has 0 saturated carbocycles. The number of amides is 1. The molecule has 2 aromatic carbocycles. The van der Waals surface area contributed by atoms with Crippen LogP contribution >= 0.6 is 11.3 Å².